The van der Waals surface area contributed by atoms with Gasteiger partial charge in [0, 0.05) is 47.2 Å². The van der Waals surface area contributed by atoms with E-state index < -0.39 is 67.2 Å². The summed E-state index contributed by atoms with van der Waals surface area (Å²) in [6.07, 6.45) is -6.76. The van der Waals surface area contributed by atoms with Crippen LogP contribution in [0.25, 0.3) is 22.0 Å². The number of hydrogen-bond acceptors (Lipinski definition) is 3. The number of nitrogens with zero attached hydrogens (tertiary/aromatic N) is 2. The maximum absolute atomic E-state index is 15.3. The fourth-order valence-corrected chi connectivity index (χ4v) is 5.75. The van der Waals surface area contributed by atoms with Crippen molar-refractivity contribution in [2.24, 2.45) is 5.41 Å². The standard InChI is InChI=1S/C24H24F7N3O2S/c1-22(2,3)12-34-11-17(21(24(29,30)31)33-37(35,36)13-4-5-13)16-8-19(25)15(9-20(16)34)14-6-7-32-10-18(14)23(26,27)28/h6-11,13,21,33H,4-5,12H2,1-3H3/t21-/m0/s1. The molecule has 0 saturated heterocycles. The van der Waals surface area contributed by atoms with Gasteiger partial charge >= 0.3 is 12.4 Å². The topological polar surface area (TPSA) is 64.0 Å². The second-order valence-corrected chi connectivity index (χ2v) is 12.4. The summed E-state index contributed by atoms with van der Waals surface area (Å²) in [7, 11) is -4.30. The van der Waals surface area contributed by atoms with Crippen molar-refractivity contribution in [2.45, 2.75) is 63.8 Å². The van der Waals surface area contributed by atoms with Crippen LogP contribution in [-0.2, 0) is 22.7 Å². The van der Waals surface area contributed by atoms with Gasteiger partial charge in [-0.1, -0.05) is 20.8 Å². The zero-order valence-corrected chi connectivity index (χ0v) is 20.8. The summed E-state index contributed by atoms with van der Waals surface area (Å²) >= 11 is 0. The van der Waals surface area contributed by atoms with Gasteiger partial charge < -0.3 is 4.57 Å². The maximum Gasteiger partial charge on any atom is 0.418 e. The Morgan fingerprint density at radius 1 is 1.08 bits per heavy atom. The smallest absolute Gasteiger partial charge is 0.347 e. The van der Waals surface area contributed by atoms with Crippen LogP contribution >= 0.6 is 0 Å². The van der Waals surface area contributed by atoms with Gasteiger partial charge in [-0.3, -0.25) is 4.98 Å². The number of rotatable bonds is 6. The molecule has 5 nitrogen and oxygen atoms in total. The van der Waals surface area contributed by atoms with E-state index >= 15 is 4.39 Å². The van der Waals surface area contributed by atoms with Gasteiger partial charge in [-0.25, -0.2) is 12.8 Å². The number of fused-ring (bicyclic) bond motifs is 1. The van der Waals surface area contributed by atoms with Crippen LogP contribution in [-0.4, -0.2) is 29.4 Å². The first-order valence-corrected chi connectivity index (χ1v) is 12.8. The second kappa shape index (κ2) is 8.97. The predicted molar refractivity (Wildman–Crippen MR) is 123 cm³/mol. The van der Waals surface area contributed by atoms with Gasteiger partial charge in [-0.05, 0) is 42.0 Å². The molecule has 2 aromatic heterocycles. The zero-order valence-electron chi connectivity index (χ0n) is 20.0. The molecule has 3 aromatic rings. The van der Waals surface area contributed by atoms with Crippen molar-refractivity contribution in [3.63, 3.8) is 0 Å². The van der Waals surface area contributed by atoms with Gasteiger partial charge in [-0.15, -0.1) is 0 Å². The first-order chi connectivity index (χ1) is 16.9. The van der Waals surface area contributed by atoms with E-state index in [2.05, 4.69) is 4.98 Å². The normalized spacial score (nSPS) is 16.4. The monoisotopic (exact) mass is 551 g/mol. The lowest BCUT2D eigenvalue weighted by Crippen LogP contribution is -2.39. The van der Waals surface area contributed by atoms with Crippen LogP contribution in [0.1, 0.15) is 50.8 Å². The van der Waals surface area contributed by atoms with Crippen LogP contribution < -0.4 is 4.72 Å². The van der Waals surface area contributed by atoms with Crippen molar-refractivity contribution < 1.29 is 39.2 Å². The summed E-state index contributed by atoms with van der Waals surface area (Å²) in [4.78, 5) is 3.47. The molecule has 0 amide bonds. The number of hydrogen-bond donors (Lipinski definition) is 1. The van der Waals surface area contributed by atoms with Crippen LogP contribution in [0.5, 0.6) is 0 Å². The molecule has 1 saturated carbocycles. The molecule has 37 heavy (non-hydrogen) atoms. The Morgan fingerprint density at radius 2 is 1.73 bits per heavy atom. The molecule has 0 spiro atoms. The average molecular weight is 552 g/mol. The van der Waals surface area contributed by atoms with Gasteiger partial charge in [0.1, 0.15) is 11.9 Å². The Bertz CT molecular complexity index is 1430. The first-order valence-electron chi connectivity index (χ1n) is 11.3. The highest BCUT2D eigenvalue weighted by Gasteiger charge is 2.48. The highest BCUT2D eigenvalue weighted by Crippen LogP contribution is 2.43. The molecule has 1 fully saturated rings. The van der Waals surface area contributed by atoms with Crippen molar-refractivity contribution in [3.8, 4) is 11.1 Å². The molecule has 202 valence electrons. The summed E-state index contributed by atoms with van der Waals surface area (Å²) < 4.78 is 127. The lowest BCUT2D eigenvalue weighted by Gasteiger charge is -2.22. The van der Waals surface area contributed by atoms with E-state index in [1.807, 2.05) is 0 Å². The Morgan fingerprint density at radius 3 is 2.27 bits per heavy atom. The summed E-state index contributed by atoms with van der Waals surface area (Å²) in [5.41, 5.74) is -3.18. The number of pyridine rings is 1. The van der Waals surface area contributed by atoms with Crippen molar-refractivity contribution in [2.75, 3.05) is 0 Å². The van der Waals surface area contributed by atoms with E-state index in [0.717, 1.165) is 30.6 Å². The van der Waals surface area contributed by atoms with Gasteiger partial charge in [0.25, 0.3) is 0 Å². The number of alkyl halides is 6. The van der Waals surface area contributed by atoms with Crippen molar-refractivity contribution in [1.29, 1.82) is 0 Å². The minimum absolute atomic E-state index is 0.0335. The summed E-state index contributed by atoms with van der Waals surface area (Å²) in [6.45, 7) is 5.51. The number of benzene rings is 1. The van der Waals surface area contributed by atoms with Crippen molar-refractivity contribution in [3.05, 3.63) is 53.7 Å². The van der Waals surface area contributed by atoms with E-state index in [4.69, 9.17) is 0 Å². The van der Waals surface area contributed by atoms with Crippen LogP contribution in [0.2, 0.25) is 0 Å². The van der Waals surface area contributed by atoms with Crippen molar-refractivity contribution >= 4 is 20.9 Å². The third kappa shape index (κ3) is 5.77. The third-order valence-electron chi connectivity index (χ3n) is 5.95. The first kappa shape index (κ1) is 27.4. The summed E-state index contributed by atoms with van der Waals surface area (Å²) in [6, 6.07) is 0.101. The quantitative estimate of drug-likeness (QED) is 0.352. The van der Waals surface area contributed by atoms with Crippen LogP contribution in [0, 0.1) is 11.2 Å². The SMILES string of the molecule is CC(C)(C)Cn1cc([C@H](NS(=O)(=O)C2CC2)C(F)(F)F)c2cc(F)c(-c3ccncc3C(F)(F)F)cc21. The predicted octanol–water partition coefficient (Wildman–Crippen LogP) is 6.59. The molecular formula is C24H24F7N3O2S. The molecular weight excluding hydrogens is 527 g/mol. The molecule has 1 atom stereocenters. The van der Waals surface area contributed by atoms with E-state index in [0.29, 0.717) is 6.20 Å². The largest absolute Gasteiger partial charge is 0.418 e. The number of sulfonamides is 1. The Labute approximate surface area is 208 Å². The minimum atomic E-state index is -5.06. The molecule has 0 radical (unpaired) electrons. The van der Waals surface area contributed by atoms with Gasteiger partial charge in [-0.2, -0.15) is 31.1 Å². The molecule has 0 bridgehead atoms. The Kier molecular flexibility index (Phi) is 6.63. The highest BCUT2D eigenvalue weighted by molar-refractivity contribution is 7.90. The molecule has 2 heterocycles. The summed E-state index contributed by atoms with van der Waals surface area (Å²) in [5, 5.41) is -1.19. The number of aromatic nitrogens is 2. The van der Waals surface area contributed by atoms with E-state index in [-0.39, 0.29) is 30.3 Å². The Hall–Kier alpha value is -2.67. The van der Waals surface area contributed by atoms with Gasteiger partial charge in [0.15, 0.2) is 0 Å². The van der Waals surface area contributed by atoms with E-state index in [1.165, 1.54) is 4.57 Å². The molecule has 4 rings (SSSR count). The second-order valence-electron chi connectivity index (χ2n) is 10.4. The number of nitrogens with one attached hydrogen (secondary N) is 1. The molecule has 1 aromatic carbocycles. The fourth-order valence-electron chi connectivity index (χ4n) is 4.22. The minimum Gasteiger partial charge on any atom is -0.347 e. The molecule has 1 aliphatic carbocycles. The summed E-state index contributed by atoms with van der Waals surface area (Å²) in [5.74, 6) is -1.19. The lowest BCUT2D eigenvalue weighted by atomic mass is 9.96. The Balaban J connectivity index is 1.97. The van der Waals surface area contributed by atoms with Gasteiger partial charge in [0.05, 0.1) is 10.8 Å². The van der Waals surface area contributed by atoms with Crippen LogP contribution in [0.15, 0.2) is 36.8 Å². The zero-order chi connectivity index (χ0) is 27.6. The molecule has 0 unspecified atom stereocenters. The van der Waals surface area contributed by atoms with Crippen LogP contribution in [0.3, 0.4) is 0 Å². The van der Waals surface area contributed by atoms with E-state index in [1.54, 1.807) is 25.5 Å². The molecule has 1 N–H and O–H groups in total. The van der Waals surface area contributed by atoms with Gasteiger partial charge in [0.2, 0.25) is 10.0 Å². The highest BCUT2D eigenvalue weighted by atomic mass is 32.2. The molecule has 0 aliphatic heterocycles. The fraction of sp³-hybridized carbons (Fsp3) is 0.458. The van der Waals surface area contributed by atoms with E-state index in [9.17, 15) is 34.8 Å². The third-order valence-corrected chi connectivity index (χ3v) is 7.86. The van der Waals surface area contributed by atoms with Crippen molar-refractivity contribution in [1.82, 2.24) is 14.3 Å². The molecule has 13 heteroatoms. The lowest BCUT2D eigenvalue weighted by molar-refractivity contribution is -0.152. The number of halogens is 7. The molecule has 1 aliphatic rings. The van der Waals surface area contributed by atoms with Crippen LogP contribution in [0.4, 0.5) is 30.7 Å². The average Bonchev–Trinajstić information content (AvgIpc) is 3.55. The maximum atomic E-state index is 15.3.